The van der Waals surface area contributed by atoms with Crippen molar-refractivity contribution in [3.63, 3.8) is 0 Å². The van der Waals surface area contributed by atoms with E-state index in [9.17, 15) is 8.42 Å². The lowest BCUT2D eigenvalue weighted by atomic mass is 10.1. The van der Waals surface area contributed by atoms with Crippen LogP contribution >= 0.6 is 0 Å². The van der Waals surface area contributed by atoms with Gasteiger partial charge < -0.3 is 4.74 Å². The number of morpholine rings is 1. The molecule has 0 radical (unpaired) electrons. The molecule has 0 aromatic carbocycles. The fourth-order valence-corrected chi connectivity index (χ4v) is 4.59. The molecule has 1 aromatic heterocycles. The maximum Gasteiger partial charge on any atom is 0.247 e. The quantitative estimate of drug-likeness (QED) is 0.887. The molecule has 2 rings (SSSR count). The number of hydrogen-bond donors (Lipinski definition) is 1. The number of nitrogens with zero attached hydrogens (tertiary/aromatic N) is 2. The SMILES string of the molecule is Cc1n[nH]c(C)c1S(=O)(=O)N1CC(C)OCC1(C)C. The molecule has 1 fully saturated rings. The van der Waals surface area contributed by atoms with Gasteiger partial charge in [0.25, 0.3) is 0 Å². The highest BCUT2D eigenvalue weighted by molar-refractivity contribution is 7.89. The average Bonchev–Trinajstić information content (AvgIpc) is 2.62. The van der Waals surface area contributed by atoms with Crippen LogP contribution in [0.3, 0.4) is 0 Å². The van der Waals surface area contributed by atoms with Crippen LogP contribution in [0.2, 0.25) is 0 Å². The molecule has 6 nitrogen and oxygen atoms in total. The highest BCUT2D eigenvalue weighted by Gasteiger charge is 2.43. The summed E-state index contributed by atoms with van der Waals surface area (Å²) >= 11 is 0. The number of aryl methyl sites for hydroxylation is 2. The van der Waals surface area contributed by atoms with E-state index in [2.05, 4.69) is 10.2 Å². The molecule has 0 amide bonds. The summed E-state index contributed by atoms with van der Waals surface area (Å²) in [5.41, 5.74) is 0.529. The van der Waals surface area contributed by atoms with Crippen LogP contribution in [0, 0.1) is 13.8 Å². The van der Waals surface area contributed by atoms with E-state index in [1.165, 1.54) is 4.31 Å². The predicted molar refractivity (Wildman–Crippen MR) is 71.4 cm³/mol. The normalized spacial score (nSPS) is 24.6. The topological polar surface area (TPSA) is 75.3 Å². The van der Waals surface area contributed by atoms with Crippen molar-refractivity contribution >= 4 is 10.0 Å². The van der Waals surface area contributed by atoms with Crippen LogP contribution in [0.15, 0.2) is 4.90 Å². The fraction of sp³-hybridized carbons (Fsp3) is 0.750. The molecule has 1 atom stereocenters. The fourth-order valence-electron chi connectivity index (χ4n) is 2.41. The summed E-state index contributed by atoms with van der Waals surface area (Å²) in [7, 11) is -3.56. The minimum Gasteiger partial charge on any atom is -0.375 e. The molecular formula is C12H21N3O3S. The van der Waals surface area contributed by atoms with Gasteiger partial charge in [0, 0.05) is 6.54 Å². The van der Waals surface area contributed by atoms with Gasteiger partial charge >= 0.3 is 0 Å². The van der Waals surface area contributed by atoms with Crippen LogP contribution in [0.25, 0.3) is 0 Å². The summed E-state index contributed by atoms with van der Waals surface area (Å²) in [6, 6.07) is 0. The second-order valence-electron chi connectivity index (χ2n) is 5.73. The van der Waals surface area contributed by atoms with E-state index >= 15 is 0 Å². The molecule has 1 aliphatic rings. The minimum atomic E-state index is -3.56. The third kappa shape index (κ3) is 2.42. The maximum atomic E-state index is 12.9. The zero-order valence-corrected chi connectivity index (χ0v) is 12.8. The monoisotopic (exact) mass is 287 g/mol. The van der Waals surface area contributed by atoms with Gasteiger partial charge in [-0.3, -0.25) is 5.10 Å². The largest absolute Gasteiger partial charge is 0.375 e. The van der Waals surface area contributed by atoms with Crippen molar-refractivity contribution in [3.05, 3.63) is 11.4 Å². The molecule has 1 saturated heterocycles. The summed E-state index contributed by atoms with van der Waals surface area (Å²) in [6.45, 7) is 9.81. The Morgan fingerprint density at radius 1 is 1.42 bits per heavy atom. The second-order valence-corrected chi connectivity index (χ2v) is 7.53. The van der Waals surface area contributed by atoms with E-state index < -0.39 is 15.6 Å². The lowest BCUT2D eigenvalue weighted by Crippen LogP contribution is -2.57. The van der Waals surface area contributed by atoms with E-state index in [0.717, 1.165) is 0 Å². The van der Waals surface area contributed by atoms with Gasteiger partial charge in [0.1, 0.15) is 4.90 Å². The molecular weight excluding hydrogens is 266 g/mol. The van der Waals surface area contributed by atoms with Gasteiger partial charge in [-0.25, -0.2) is 8.42 Å². The molecule has 0 saturated carbocycles. The van der Waals surface area contributed by atoms with Gasteiger partial charge in [-0.15, -0.1) is 0 Å². The summed E-state index contributed by atoms with van der Waals surface area (Å²) in [5, 5.41) is 6.72. The molecule has 7 heteroatoms. The van der Waals surface area contributed by atoms with Gasteiger partial charge in [0.15, 0.2) is 0 Å². The third-order valence-corrected chi connectivity index (χ3v) is 5.77. The third-order valence-electron chi connectivity index (χ3n) is 3.43. The number of aromatic amines is 1. The number of sulfonamides is 1. The first-order valence-corrected chi connectivity index (χ1v) is 7.76. The van der Waals surface area contributed by atoms with Gasteiger partial charge in [-0.2, -0.15) is 9.40 Å². The van der Waals surface area contributed by atoms with E-state index in [4.69, 9.17) is 4.74 Å². The Hall–Kier alpha value is -0.920. The molecule has 1 N–H and O–H groups in total. The lowest BCUT2D eigenvalue weighted by Gasteiger charge is -2.43. The van der Waals surface area contributed by atoms with E-state index in [1.807, 2.05) is 20.8 Å². The average molecular weight is 287 g/mol. The van der Waals surface area contributed by atoms with Crippen molar-refractivity contribution in [2.45, 2.75) is 51.2 Å². The van der Waals surface area contributed by atoms with Crippen molar-refractivity contribution in [1.29, 1.82) is 0 Å². The van der Waals surface area contributed by atoms with Crippen LogP contribution in [0.4, 0.5) is 0 Å². The molecule has 0 spiro atoms. The van der Waals surface area contributed by atoms with E-state index in [0.29, 0.717) is 24.5 Å². The number of hydrogen-bond acceptors (Lipinski definition) is 4. The molecule has 0 aliphatic carbocycles. The predicted octanol–water partition coefficient (Wildman–Crippen LogP) is 1.21. The molecule has 0 bridgehead atoms. The number of ether oxygens (including phenoxy) is 1. The van der Waals surface area contributed by atoms with Crippen LogP contribution in [0.5, 0.6) is 0 Å². The van der Waals surface area contributed by atoms with Gasteiger partial charge in [-0.1, -0.05) is 0 Å². The van der Waals surface area contributed by atoms with Crippen molar-refractivity contribution in [2.24, 2.45) is 0 Å². The van der Waals surface area contributed by atoms with Crippen molar-refractivity contribution in [3.8, 4) is 0 Å². The van der Waals surface area contributed by atoms with Crippen LogP contribution in [-0.2, 0) is 14.8 Å². The standard InChI is InChI=1S/C12H21N3O3S/c1-8-6-15(12(4,5)7-18-8)19(16,17)11-9(2)13-14-10(11)3/h8H,6-7H2,1-5H3,(H,13,14). The van der Waals surface area contributed by atoms with Crippen LogP contribution < -0.4 is 0 Å². The Kier molecular flexibility index (Phi) is 3.49. The van der Waals surface area contributed by atoms with Crippen molar-refractivity contribution in [1.82, 2.24) is 14.5 Å². The lowest BCUT2D eigenvalue weighted by molar-refractivity contribution is -0.0551. The Morgan fingerprint density at radius 3 is 2.58 bits per heavy atom. The first kappa shape index (κ1) is 14.5. The Bertz CT molecular complexity index is 558. The van der Waals surface area contributed by atoms with E-state index in [-0.39, 0.29) is 11.0 Å². The molecule has 1 unspecified atom stereocenters. The van der Waals surface area contributed by atoms with Crippen molar-refractivity contribution < 1.29 is 13.2 Å². The van der Waals surface area contributed by atoms with Gasteiger partial charge in [0.05, 0.1) is 29.6 Å². The number of H-pyrrole nitrogens is 1. The summed E-state index contributed by atoms with van der Waals surface area (Å²) in [6.07, 6.45) is -0.102. The van der Waals surface area contributed by atoms with Crippen LogP contribution in [-0.4, -0.2) is 47.7 Å². The highest BCUT2D eigenvalue weighted by Crippen LogP contribution is 2.31. The van der Waals surface area contributed by atoms with Gasteiger partial charge in [0.2, 0.25) is 10.0 Å². The Balaban J connectivity index is 2.49. The minimum absolute atomic E-state index is 0.102. The maximum absolute atomic E-state index is 12.9. The zero-order chi connectivity index (χ0) is 14.4. The highest BCUT2D eigenvalue weighted by atomic mass is 32.2. The summed E-state index contributed by atoms with van der Waals surface area (Å²) in [5.74, 6) is 0. The Labute approximate surface area is 114 Å². The second kappa shape index (κ2) is 4.57. The number of rotatable bonds is 2. The molecule has 2 heterocycles. The number of nitrogens with one attached hydrogen (secondary N) is 1. The first-order chi connectivity index (χ1) is 8.66. The molecule has 19 heavy (non-hydrogen) atoms. The summed E-state index contributed by atoms with van der Waals surface area (Å²) in [4.78, 5) is 0.287. The van der Waals surface area contributed by atoms with E-state index in [1.54, 1.807) is 13.8 Å². The molecule has 108 valence electrons. The Morgan fingerprint density at radius 2 is 2.05 bits per heavy atom. The van der Waals surface area contributed by atoms with Crippen LogP contribution in [0.1, 0.15) is 32.2 Å². The smallest absolute Gasteiger partial charge is 0.247 e. The molecule has 1 aliphatic heterocycles. The molecule has 1 aromatic rings. The number of aromatic nitrogens is 2. The zero-order valence-electron chi connectivity index (χ0n) is 12.0. The van der Waals surface area contributed by atoms with Gasteiger partial charge in [-0.05, 0) is 34.6 Å². The first-order valence-electron chi connectivity index (χ1n) is 6.32. The van der Waals surface area contributed by atoms with Crippen molar-refractivity contribution in [2.75, 3.05) is 13.2 Å². The summed E-state index contributed by atoms with van der Waals surface area (Å²) < 4.78 is 32.8.